The van der Waals surface area contributed by atoms with Crippen molar-refractivity contribution in [1.29, 1.82) is 0 Å². The quantitative estimate of drug-likeness (QED) is 0.304. The van der Waals surface area contributed by atoms with Gasteiger partial charge < -0.3 is 16.0 Å². The number of carbonyl (C=O) groups excluding carboxylic acids is 1. The molecule has 1 amide bonds. The van der Waals surface area contributed by atoms with E-state index in [1.54, 1.807) is 0 Å². The molecule has 0 aromatic carbocycles. The number of guanidine groups is 1. The van der Waals surface area contributed by atoms with Crippen LogP contribution in [0.5, 0.6) is 0 Å². The van der Waals surface area contributed by atoms with Gasteiger partial charge in [-0.15, -0.1) is 35.3 Å². The number of aliphatic imine (C=N–C) groups is 1. The Morgan fingerprint density at radius 1 is 1.24 bits per heavy atom. The summed E-state index contributed by atoms with van der Waals surface area (Å²) in [5, 5.41) is 9.56. The highest BCUT2D eigenvalue weighted by atomic mass is 127. The number of nitrogens with zero attached hydrogens (tertiary/aromatic N) is 1. The predicted octanol–water partition coefficient (Wildman–Crippen LogP) is 3.32. The Kier molecular flexibility index (Phi) is 11.3. The Hall–Kier alpha value is -0.830. The first kappa shape index (κ1) is 24.2. The number of halogens is 1. The molecule has 3 N–H and O–H groups in total. The van der Waals surface area contributed by atoms with E-state index in [0.29, 0.717) is 13.1 Å². The van der Waals surface area contributed by atoms with Crippen LogP contribution in [0.2, 0.25) is 0 Å². The topological polar surface area (TPSA) is 65.5 Å². The van der Waals surface area contributed by atoms with Gasteiger partial charge in [-0.2, -0.15) is 0 Å². The number of hydrogen-bond donors (Lipinski definition) is 3. The number of carbonyl (C=O) groups is 1. The molecule has 0 saturated heterocycles. The van der Waals surface area contributed by atoms with Crippen molar-refractivity contribution in [2.45, 2.75) is 54.0 Å². The minimum absolute atomic E-state index is 0. The highest BCUT2D eigenvalue weighted by Gasteiger charge is 2.27. The second-order valence-corrected chi connectivity index (χ2v) is 8.07. The SMILES string of the molecule is CCNC(=O)C(C)(C)CN=C(NCC)NC(C)Cc1ccc(C)s1.I. The zero-order valence-electron chi connectivity index (χ0n) is 16.2. The number of thiophene rings is 1. The molecule has 25 heavy (non-hydrogen) atoms. The van der Waals surface area contributed by atoms with E-state index < -0.39 is 5.41 Å². The zero-order valence-corrected chi connectivity index (χ0v) is 19.4. The molecular formula is C18H33IN4OS. The van der Waals surface area contributed by atoms with E-state index in [4.69, 9.17) is 0 Å². The summed E-state index contributed by atoms with van der Waals surface area (Å²) >= 11 is 1.83. The van der Waals surface area contributed by atoms with Crippen molar-refractivity contribution in [2.75, 3.05) is 19.6 Å². The lowest BCUT2D eigenvalue weighted by molar-refractivity contribution is -0.128. The van der Waals surface area contributed by atoms with Crippen LogP contribution in [-0.4, -0.2) is 37.5 Å². The van der Waals surface area contributed by atoms with Gasteiger partial charge in [-0.1, -0.05) is 0 Å². The van der Waals surface area contributed by atoms with Crippen molar-refractivity contribution in [3.05, 3.63) is 21.9 Å². The minimum atomic E-state index is -0.521. The number of rotatable bonds is 8. The summed E-state index contributed by atoms with van der Waals surface area (Å²) < 4.78 is 0. The maximum atomic E-state index is 12.1. The first-order valence-electron chi connectivity index (χ1n) is 8.67. The van der Waals surface area contributed by atoms with Gasteiger partial charge in [0.25, 0.3) is 0 Å². The van der Waals surface area contributed by atoms with Crippen molar-refractivity contribution in [1.82, 2.24) is 16.0 Å². The monoisotopic (exact) mass is 480 g/mol. The van der Waals surface area contributed by atoms with Crippen molar-refractivity contribution < 1.29 is 4.79 Å². The summed E-state index contributed by atoms with van der Waals surface area (Å²) in [5.74, 6) is 0.794. The van der Waals surface area contributed by atoms with Crippen LogP contribution in [0.4, 0.5) is 0 Å². The molecular weight excluding hydrogens is 447 g/mol. The lowest BCUT2D eigenvalue weighted by atomic mass is 9.92. The predicted molar refractivity (Wildman–Crippen MR) is 119 cm³/mol. The Balaban J connectivity index is 0.00000576. The molecule has 1 rings (SSSR count). The van der Waals surface area contributed by atoms with Gasteiger partial charge >= 0.3 is 0 Å². The summed E-state index contributed by atoms with van der Waals surface area (Å²) in [4.78, 5) is 19.4. The van der Waals surface area contributed by atoms with E-state index in [0.717, 1.165) is 18.9 Å². The number of amides is 1. The Bertz CT molecular complexity index is 557. The smallest absolute Gasteiger partial charge is 0.227 e. The molecule has 1 atom stereocenters. The maximum Gasteiger partial charge on any atom is 0.227 e. The van der Waals surface area contributed by atoms with E-state index in [1.807, 2.05) is 39.0 Å². The fourth-order valence-corrected chi connectivity index (χ4v) is 3.27. The van der Waals surface area contributed by atoms with Crippen LogP contribution in [-0.2, 0) is 11.2 Å². The van der Waals surface area contributed by atoms with Crippen molar-refractivity contribution in [3.8, 4) is 0 Å². The maximum absolute atomic E-state index is 12.1. The molecule has 7 heteroatoms. The van der Waals surface area contributed by atoms with Gasteiger partial charge in [0.2, 0.25) is 5.91 Å². The molecule has 1 aromatic rings. The second-order valence-electron chi connectivity index (χ2n) is 6.70. The summed E-state index contributed by atoms with van der Waals surface area (Å²) in [6.45, 7) is 14.0. The van der Waals surface area contributed by atoms with Gasteiger partial charge in [0.15, 0.2) is 5.96 Å². The van der Waals surface area contributed by atoms with Gasteiger partial charge in [-0.05, 0) is 53.7 Å². The molecule has 0 saturated carbocycles. The van der Waals surface area contributed by atoms with Gasteiger partial charge in [0, 0.05) is 35.3 Å². The Morgan fingerprint density at radius 3 is 2.40 bits per heavy atom. The molecule has 1 heterocycles. The van der Waals surface area contributed by atoms with Crippen molar-refractivity contribution >= 4 is 47.2 Å². The highest BCUT2D eigenvalue weighted by molar-refractivity contribution is 14.0. The number of hydrogen-bond acceptors (Lipinski definition) is 3. The summed E-state index contributed by atoms with van der Waals surface area (Å²) in [6.07, 6.45) is 0.961. The summed E-state index contributed by atoms with van der Waals surface area (Å²) in [6, 6.07) is 4.61. The molecule has 5 nitrogen and oxygen atoms in total. The second kappa shape index (κ2) is 11.7. The lowest BCUT2D eigenvalue weighted by Crippen LogP contribution is -2.44. The normalized spacial score (nSPS) is 13.0. The fraction of sp³-hybridized carbons (Fsp3) is 0.667. The van der Waals surface area contributed by atoms with Gasteiger partial charge in [0.1, 0.15) is 0 Å². The third-order valence-corrected chi connectivity index (χ3v) is 4.64. The van der Waals surface area contributed by atoms with Crippen LogP contribution in [0.3, 0.4) is 0 Å². The molecule has 0 fully saturated rings. The van der Waals surface area contributed by atoms with E-state index in [-0.39, 0.29) is 35.9 Å². The van der Waals surface area contributed by atoms with Crippen molar-refractivity contribution in [3.63, 3.8) is 0 Å². The average Bonchev–Trinajstić information content (AvgIpc) is 2.90. The Labute approximate surface area is 173 Å². The molecule has 0 spiro atoms. The number of nitrogens with one attached hydrogen (secondary N) is 3. The van der Waals surface area contributed by atoms with E-state index >= 15 is 0 Å². The van der Waals surface area contributed by atoms with Gasteiger partial charge in [0.05, 0.1) is 12.0 Å². The van der Waals surface area contributed by atoms with E-state index in [1.165, 1.54) is 9.75 Å². The van der Waals surface area contributed by atoms with Crippen LogP contribution in [0.1, 0.15) is 44.4 Å². The molecule has 144 valence electrons. The van der Waals surface area contributed by atoms with Crippen LogP contribution in [0.15, 0.2) is 17.1 Å². The molecule has 0 aliphatic rings. The molecule has 0 aliphatic carbocycles. The highest BCUT2D eigenvalue weighted by Crippen LogP contribution is 2.17. The van der Waals surface area contributed by atoms with E-state index in [9.17, 15) is 4.79 Å². The Morgan fingerprint density at radius 2 is 1.88 bits per heavy atom. The van der Waals surface area contributed by atoms with Crippen LogP contribution >= 0.6 is 35.3 Å². The third-order valence-electron chi connectivity index (χ3n) is 3.62. The largest absolute Gasteiger partial charge is 0.357 e. The minimum Gasteiger partial charge on any atom is -0.357 e. The molecule has 0 radical (unpaired) electrons. The third kappa shape index (κ3) is 8.89. The lowest BCUT2D eigenvalue weighted by Gasteiger charge is -2.23. The standard InChI is InChI=1S/C18H32N4OS.HI/c1-7-19-16(23)18(5,6)12-21-17(20-8-2)22-13(3)11-15-10-9-14(4)24-15;/h9-10,13H,7-8,11-12H2,1-6H3,(H,19,23)(H2,20,21,22);1H. The summed E-state index contributed by atoms with van der Waals surface area (Å²) in [5.41, 5.74) is -0.521. The first-order chi connectivity index (χ1) is 11.3. The average molecular weight is 480 g/mol. The molecule has 0 bridgehead atoms. The fourth-order valence-electron chi connectivity index (χ4n) is 2.25. The molecule has 1 unspecified atom stereocenters. The van der Waals surface area contributed by atoms with Crippen LogP contribution < -0.4 is 16.0 Å². The van der Waals surface area contributed by atoms with Crippen LogP contribution in [0.25, 0.3) is 0 Å². The summed E-state index contributed by atoms with van der Waals surface area (Å²) in [7, 11) is 0. The molecule has 0 aliphatic heterocycles. The van der Waals surface area contributed by atoms with E-state index in [2.05, 4.69) is 46.9 Å². The van der Waals surface area contributed by atoms with Gasteiger partial charge in [-0.25, -0.2) is 0 Å². The van der Waals surface area contributed by atoms with Gasteiger partial charge in [-0.3, -0.25) is 9.79 Å². The zero-order chi connectivity index (χ0) is 18.2. The van der Waals surface area contributed by atoms with Crippen molar-refractivity contribution in [2.24, 2.45) is 10.4 Å². The molecule has 1 aromatic heterocycles. The van der Waals surface area contributed by atoms with Crippen LogP contribution in [0, 0.1) is 12.3 Å². The number of aryl methyl sites for hydroxylation is 1. The first-order valence-corrected chi connectivity index (χ1v) is 9.48.